The van der Waals surface area contributed by atoms with Crippen molar-refractivity contribution < 1.29 is 28.5 Å². The van der Waals surface area contributed by atoms with Crippen molar-refractivity contribution in [3.8, 4) is 0 Å². The third-order valence-corrected chi connectivity index (χ3v) is 1.95. The fourth-order valence-electron chi connectivity index (χ4n) is 1.25. The Bertz CT molecular complexity index is 348. The van der Waals surface area contributed by atoms with Crippen molar-refractivity contribution in [1.82, 2.24) is 5.32 Å². The molecule has 0 aliphatic carbocycles. The second kappa shape index (κ2) is 10.2. The predicted molar refractivity (Wildman–Crippen MR) is 76.8 cm³/mol. The summed E-state index contributed by atoms with van der Waals surface area (Å²) in [6.45, 7) is 7.51. The molecule has 0 radical (unpaired) electrons. The summed E-state index contributed by atoms with van der Waals surface area (Å²) in [7, 11) is 1.49. The van der Waals surface area contributed by atoms with Crippen LogP contribution in [0, 0.1) is 0 Å². The highest BCUT2D eigenvalue weighted by molar-refractivity contribution is 5.82. The molecule has 1 unspecified atom stereocenters. The van der Waals surface area contributed by atoms with Gasteiger partial charge in [0.05, 0.1) is 19.3 Å². The first-order valence-corrected chi connectivity index (χ1v) is 6.69. The zero-order valence-electron chi connectivity index (χ0n) is 13.3. The third-order valence-electron chi connectivity index (χ3n) is 1.95. The van der Waals surface area contributed by atoms with Crippen LogP contribution in [-0.2, 0) is 23.7 Å². The summed E-state index contributed by atoms with van der Waals surface area (Å²) in [5.41, 5.74) is -0.604. The molecule has 0 saturated heterocycles. The lowest BCUT2D eigenvalue weighted by Crippen LogP contribution is -2.40. The lowest BCUT2D eigenvalue weighted by atomic mass is 10.2. The fraction of sp³-hybridized carbons (Fsp3) is 0.714. The van der Waals surface area contributed by atoms with E-state index in [-0.39, 0.29) is 20.0 Å². The second-order valence-corrected chi connectivity index (χ2v) is 5.14. The molecule has 1 atom stereocenters. The molecule has 1 amide bonds. The Morgan fingerprint density at radius 1 is 1.29 bits per heavy atom. The summed E-state index contributed by atoms with van der Waals surface area (Å²) in [5.74, 6) is -0.486. The summed E-state index contributed by atoms with van der Waals surface area (Å²) in [5, 5.41) is 2.59. The van der Waals surface area contributed by atoms with Crippen LogP contribution in [-0.4, -0.2) is 50.8 Å². The highest BCUT2D eigenvalue weighted by Gasteiger charge is 2.18. The predicted octanol–water partition coefficient (Wildman–Crippen LogP) is 1.62. The highest BCUT2D eigenvalue weighted by atomic mass is 16.7. The third kappa shape index (κ3) is 11.9. The smallest absolute Gasteiger partial charge is 0.408 e. The number of amides is 1. The van der Waals surface area contributed by atoms with Crippen molar-refractivity contribution in [2.45, 2.75) is 39.3 Å². The molecule has 7 heteroatoms. The number of nitrogens with one attached hydrogen (secondary N) is 1. The number of esters is 1. The van der Waals surface area contributed by atoms with Crippen LogP contribution in [0.25, 0.3) is 0 Å². The van der Waals surface area contributed by atoms with Gasteiger partial charge in [-0.1, -0.05) is 6.08 Å². The molecule has 7 nitrogen and oxygen atoms in total. The minimum atomic E-state index is -0.604. The summed E-state index contributed by atoms with van der Waals surface area (Å²) in [6.07, 6.45) is 2.13. The maximum Gasteiger partial charge on any atom is 0.408 e. The fourth-order valence-corrected chi connectivity index (χ4v) is 1.25. The molecule has 21 heavy (non-hydrogen) atoms. The summed E-state index contributed by atoms with van der Waals surface area (Å²) < 4.78 is 19.8. The molecule has 0 aliphatic rings. The molecule has 0 aromatic carbocycles. The SMILES string of the molecule is CCOC(=O)/C=C/C(COCOC)NC(=O)OC(C)(C)C. The Morgan fingerprint density at radius 2 is 1.95 bits per heavy atom. The number of methoxy groups -OCH3 is 1. The van der Waals surface area contributed by atoms with Crippen LogP contribution in [0.15, 0.2) is 12.2 Å². The lowest BCUT2D eigenvalue weighted by molar-refractivity contribution is -0.137. The van der Waals surface area contributed by atoms with E-state index in [1.54, 1.807) is 27.7 Å². The molecule has 0 fully saturated rings. The van der Waals surface area contributed by atoms with E-state index in [0.717, 1.165) is 0 Å². The van der Waals surface area contributed by atoms with Crippen LogP contribution in [0.2, 0.25) is 0 Å². The maximum absolute atomic E-state index is 11.7. The van der Waals surface area contributed by atoms with Crippen LogP contribution in [0.1, 0.15) is 27.7 Å². The topological polar surface area (TPSA) is 83.1 Å². The number of alkyl carbamates (subject to hydrolysis) is 1. The van der Waals surface area contributed by atoms with Crippen molar-refractivity contribution >= 4 is 12.1 Å². The first-order chi connectivity index (χ1) is 9.78. The van der Waals surface area contributed by atoms with Gasteiger partial charge in [0.25, 0.3) is 0 Å². The van der Waals surface area contributed by atoms with E-state index in [9.17, 15) is 9.59 Å². The van der Waals surface area contributed by atoms with Gasteiger partial charge in [-0.05, 0) is 27.7 Å². The first-order valence-electron chi connectivity index (χ1n) is 6.69. The molecule has 0 spiro atoms. The van der Waals surface area contributed by atoms with Gasteiger partial charge in [0.2, 0.25) is 0 Å². The van der Waals surface area contributed by atoms with Crippen LogP contribution < -0.4 is 5.32 Å². The van der Waals surface area contributed by atoms with Gasteiger partial charge in [0, 0.05) is 13.2 Å². The molecule has 0 heterocycles. The van der Waals surface area contributed by atoms with Crippen LogP contribution >= 0.6 is 0 Å². The lowest BCUT2D eigenvalue weighted by Gasteiger charge is -2.22. The zero-order valence-corrected chi connectivity index (χ0v) is 13.3. The zero-order chi connectivity index (χ0) is 16.3. The first kappa shape index (κ1) is 19.4. The van der Waals surface area contributed by atoms with E-state index in [4.69, 9.17) is 18.9 Å². The Labute approximate surface area is 125 Å². The summed E-state index contributed by atoms with van der Waals surface area (Å²) in [4.78, 5) is 23.0. The number of ether oxygens (including phenoxy) is 4. The van der Waals surface area contributed by atoms with Crippen LogP contribution in [0.4, 0.5) is 4.79 Å². The molecular formula is C14H25NO6. The average molecular weight is 303 g/mol. The van der Waals surface area contributed by atoms with Gasteiger partial charge < -0.3 is 24.3 Å². The molecule has 0 aliphatic heterocycles. The van der Waals surface area contributed by atoms with E-state index in [1.165, 1.54) is 19.3 Å². The quantitative estimate of drug-likeness (QED) is 0.317. The summed E-state index contributed by atoms with van der Waals surface area (Å²) >= 11 is 0. The minimum Gasteiger partial charge on any atom is -0.463 e. The van der Waals surface area contributed by atoms with E-state index in [2.05, 4.69) is 5.32 Å². The molecule has 1 N–H and O–H groups in total. The highest BCUT2D eigenvalue weighted by Crippen LogP contribution is 2.07. The maximum atomic E-state index is 11.7. The van der Waals surface area contributed by atoms with Gasteiger partial charge in [-0.3, -0.25) is 0 Å². The number of hydrogen-bond acceptors (Lipinski definition) is 6. The van der Waals surface area contributed by atoms with Gasteiger partial charge in [0.1, 0.15) is 12.4 Å². The number of hydrogen-bond donors (Lipinski definition) is 1. The molecule has 0 aromatic heterocycles. The van der Waals surface area contributed by atoms with Crippen LogP contribution in [0.5, 0.6) is 0 Å². The van der Waals surface area contributed by atoms with Crippen LogP contribution in [0.3, 0.4) is 0 Å². The van der Waals surface area contributed by atoms with E-state index >= 15 is 0 Å². The number of carbonyl (C=O) groups is 2. The Hall–Kier alpha value is -1.60. The number of carbonyl (C=O) groups excluding carboxylic acids is 2. The van der Waals surface area contributed by atoms with E-state index in [0.29, 0.717) is 0 Å². The van der Waals surface area contributed by atoms with Crippen molar-refractivity contribution in [3.05, 3.63) is 12.2 Å². The van der Waals surface area contributed by atoms with Gasteiger partial charge in [-0.2, -0.15) is 0 Å². The molecule has 122 valence electrons. The normalized spacial score (nSPS) is 13.0. The molecule has 0 bridgehead atoms. The van der Waals surface area contributed by atoms with Crippen molar-refractivity contribution in [2.24, 2.45) is 0 Å². The Morgan fingerprint density at radius 3 is 2.48 bits per heavy atom. The monoisotopic (exact) mass is 303 g/mol. The Balaban J connectivity index is 4.50. The second-order valence-electron chi connectivity index (χ2n) is 5.14. The van der Waals surface area contributed by atoms with Gasteiger partial charge in [0.15, 0.2) is 0 Å². The number of rotatable bonds is 8. The summed E-state index contributed by atoms with van der Waals surface area (Å²) in [6, 6.07) is -0.528. The molecule has 0 rings (SSSR count). The van der Waals surface area contributed by atoms with Gasteiger partial charge in [-0.15, -0.1) is 0 Å². The standard InChI is InChI=1S/C14H25NO6/c1-6-20-12(16)8-7-11(9-19-10-18-5)15-13(17)21-14(2,3)4/h7-8,11H,6,9-10H2,1-5H3,(H,15,17)/b8-7+. The van der Waals surface area contributed by atoms with Gasteiger partial charge in [-0.25, -0.2) is 9.59 Å². The molecule has 0 saturated carbocycles. The molecular weight excluding hydrogens is 278 g/mol. The average Bonchev–Trinajstić information content (AvgIpc) is 2.34. The largest absolute Gasteiger partial charge is 0.463 e. The van der Waals surface area contributed by atoms with Crippen molar-refractivity contribution in [3.63, 3.8) is 0 Å². The van der Waals surface area contributed by atoms with Gasteiger partial charge >= 0.3 is 12.1 Å². The van der Waals surface area contributed by atoms with E-state index in [1.807, 2.05) is 0 Å². The minimum absolute atomic E-state index is 0.0831. The van der Waals surface area contributed by atoms with Crippen molar-refractivity contribution in [1.29, 1.82) is 0 Å². The Kier molecular flexibility index (Phi) is 9.40. The van der Waals surface area contributed by atoms with Crippen molar-refractivity contribution in [2.75, 3.05) is 27.1 Å². The molecule has 0 aromatic rings. The van der Waals surface area contributed by atoms with E-state index < -0.39 is 23.7 Å².